The summed E-state index contributed by atoms with van der Waals surface area (Å²) in [7, 11) is 0. The Kier molecular flexibility index (Phi) is 29.9. The van der Waals surface area contributed by atoms with Crippen molar-refractivity contribution in [1.29, 1.82) is 0 Å². The van der Waals surface area contributed by atoms with E-state index in [-0.39, 0.29) is 50.6 Å². The van der Waals surface area contributed by atoms with Crippen molar-refractivity contribution in [3.63, 3.8) is 0 Å². The van der Waals surface area contributed by atoms with E-state index in [0.717, 1.165) is 25.7 Å². The van der Waals surface area contributed by atoms with Crippen LogP contribution in [0.4, 0.5) is 0 Å². The van der Waals surface area contributed by atoms with Crippen molar-refractivity contribution in [1.82, 2.24) is 0 Å². The number of hydrogen-bond acceptors (Lipinski definition) is 4. The number of unbranched alkanes of at least 4 members (excludes halogenated alkanes) is 2. The summed E-state index contributed by atoms with van der Waals surface area (Å²) in [5, 5.41) is 19.8. The van der Waals surface area contributed by atoms with Crippen LogP contribution >= 0.6 is 23.2 Å². The van der Waals surface area contributed by atoms with Crippen molar-refractivity contribution in [2.24, 2.45) is 0 Å². The monoisotopic (exact) mass is 390 g/mol. The van der Waals surface area contributed by atoms with Gasteiger partial charge in [0.1, 0.15) is 0 Å². The number of halogens is 2. The molecule has 0 aliphatic heterocycles. The Balaban J connectivity index is -0.000000333. The minimum atomic E-state index is -0.994. The molecule has 0 saturated heterocycles. The fourth-order valence-electron chi connectivity index (χ4n) is 1.26. The summed E-state index contributed by atoms with van der Waals surface area (Å²) in [4.78, 5) is 19.8. The molecule has 0 atom stereocenters. The molecule has 128 valence electrons. The Morgan fingerprint density at radius 2 is 1.00 bits per heavy atom. The number of carbonyl (C=O) groups excluding carboxylic acids is 2. The largest absolute Gasteiger partial charge is 2.00 e. The molecular formula is C16H24CaCl2O4. The maximum absolute atomic E-state index is 9.92. The zero-order valence-corrected chi connectivity index (χ0v) is 17.2. The van der Waals surface area contributed by atoms with Crippen LogP contribution in [0.1, 0.15) is 51.4 Å². The third-order valence-corrected chi connectivity index (χ3v) is 2.91. The fraction of sp³-hybridized carbons (Fsp3) is 0.625. The molecule has 0 amide bonds. The van der Waals surface area contributed by atoms with E-state index in [9.17, 15) is 19.8 Å². The van der Waals surface area contributed by atoms with Gasteiger partial charge in [-0.25, -0.2) is 0 Å². The maximum Gasteiger partial charge on any atom is 2.00 e. The summed E-state index contributed by atoms with van der Waals surface area (Å²) in [6.07, 6.45) is 12.7. The van der Waals surface area contributed by atoms with E-state index in [0.29, 0.717) is 24.6 Å². The van der Waals surface area contributed by atoms with Gasteiger partial charge in [-0.05, 0) is 51.4 Å². The summed E-state index contributed by atoms with van der Waals surface area (Å²) in [5.41, 5.74) is 0. The van der Waals surface area contributed by atoms with Gasteiger partial charge in [0.2, 0.25) is 0 Å². The second-order valence-electron chi connectivity index (χ2n) is 4.43. The third kappa shape index (κ3) is 34.6. The van der Waals surface area contributed by atoms with Gasteiger partial charge in [0.15, 0.2) is 0 Å². The molecule has 7 heteroatoms. The molecular weight excluding hydrogens is 367 g/mol. The SMILES string of the molecule is O=C([O-])CC/C=C/CCCCl.O=C([O-])CC/C=C/CCCCl.[Ca+2]. The zero-order valence-electron chi connectivity index (χ0n) is 13.5. The van der Waals surface area contributed by atoms with Crippen LogP contribution in [0, 0.1) is 0 Å². The van der Waals surface area contributed by atoms with Crippen molar-refractivity contribution in [2.45, 2.75) is 51.4 Å². The van der Waals surface area contributed by atoms with Crippen LogP contribution in [0.25, 0.3) is 0 Å². The number of rotatable bonds is 12. The van der Waals surface area contributed by atoms with Crippen LogP contribution in [0.2, 0.25) is 0 Å². The van der Waals surface area contributed by atoms with Crippen LogP contribution in [0.15, 0.2) is 24.3 Å². The van der Waals surface area contributed by atoms with E-state index in [2.05, 4.69) is 0 Å². The molecule has 0 N–H and O–H groups in total. The number of aliphatic carboxylic acids is 2. The number of allylic oxidation sites excluding steroid dienone is 4. The van der Waals surface area contributed by atoms with Gasteiger partial charge < -0.3 is 19.8 Å². The molecule has 0 aliphatic rings. The quantitative estimate of drug-likeness (QED) is 0.220. The first-order chi connectivity index (χ1) is 10.5. The van der Waals surface area contributed by atoms with E-state index < -0.39 is 11.9 Å². The van der Waals surface area contributed by atoms with E-state index in [4.69, 9.17) is 23.2 Å². The van der Waals surface area contributed by atoms with E-state index in [1.165, 1.54) is 0 Å². The molecule has 0 heterocycles. The van der Waals surface area contributed by atoms with Gasteiger partial charge in [0.05, 0.1) is 0 Å². The van der Waals surface area contributed by atoms with Crippen molar-refractivity contribution in [3.05, 3.63) is 24.3 Å². The van der Waals surface area contributed by atoms with Crippen molar-refractivity contribution >= 4 is 72.9 Å². The van der Waals surface area contributed by atoms with E-state index in [1.54, 1.807) is 0 Å². The molecule has 0 radical (unpaired) electrons. The van der Waals surface area contributed by atoms with Crippen LogP contribution < -0.4 is 10.2 Å². The Hall–Kier alpha value is 0.260. The number of alkyl halides is 2. The average molecular weight is 391 g/mol. The van der Waals surface area contributed by atoms with Gasteiger partial charge in [-0.2, -0.15) is 0 Å². The first kappa shape index (κ1) is 28.1. The molecule has 0 spiro atoms. The molecule has 23 heavy (non-hydrogen) atoms. The minimum Gasteiger partial charge on any atom is -0.550 e. The van der Waals surface area contributed by atoms with Crippen LogP contribution in [-0.4, -0.2) is 61.4 Å². The summed E-state index contributed by atoms with van der Waals surface area (Å²) < 4.78 is 0. The summed E-state index contributed by atoms with van der Waals surface area (Å²) in [6.45, 7) is 0. The molecule has 4 nitrogen and oxygen atoms in total. The predicted molar refractivity (Wildman–Crippen MR) is 92.4 cm³/mol. The van der Waals surface area contributed by atoms with Gasteiger partial charge in [0.25, 0.3) is 0 Å². The molecule has 0 unspecified atom stereocenters. The molecule has 0 bridgehead atoms. The number of hydrogen-bond donors (Lipinski definition) is 0. The average Bonchev–Trinajstić information content (AvgIpc) is 2.46. The Bertz CT molecular complexity index is 302. The standard InChI is InChI=1S/2C8H13ClO2.Ca/c2*9-7-5-3-1-2-4-6-8(10)11;/h2*1-2H,3-7H2,(H,10,11);/q;;+2/p-2/b2*2-1+;. The van der Waals surface area contributed by atoms with Gasteiger partial charge in [-0.1, -0.05) is 24.3 Å². The molecule has 0 saturated carbocycles. The Labute approximate surface area is 178 Å². The Morgan fingerprint density at radius 1 is 0.696 bits per heavy atom. The molecule has 0 aromatic carbocycles. The smallest absolute Gasteiger partial charge is 0.550 e. The van der Waals surface area contributed by atoms with Crippen LogP contribution in [0.3, 0.4) is 0 Å². The normalized spacial score (nSPS) is 10.2. The molecule has 0 fully saturated rings. The van der Waals surface area contributed by atoms with E-state index in [1.807, 2.05) is 24.3 Å². The molecule has 0 rings (SSSR count). The maximum atomic E-state index is 9.92. The van der Waals surface area contributed by atoms with Crippen LogP contribution in [0.5, 0.6) is 0 Å². The number of carboxylic acids is 2. The van der Waals surface area contributed by atoms with Crippen molar-refractivity contribution in [3.8, 4) is 0 Å². The minimum absolute atomic E-state index is 0. The van der Waals surface area contributed by atoms with Gasteiger partial charge in [-0.3, -0.25) is 0 Å². The van der Waals surface area contributed by atoms with Crippen molar-refractivity contribution in [2.75, 3.05) is 11.8 Å². The fourth-order valence-corrected chi connectivity index (χ4v) is 1.57. The zero-order chi connectivity index (χ0) is 17.1. The van der Waals surface area contributed by atoms with Crippen molar-refractivity contribution < 1.29 is 19.8 Å². The Morgan fingerprint density at radius 3 is 1.26 bits per heavy atom. The molecule has 0 aromatic heterocycles. The van der Waals surface area contributed by atoms with E-state index >= 15 is 0 Å². The van der Waals surface area contributed by atoms with Gasteiger partial charge in [0, 0.05) is 23.7 Å². The summed E-state index contributed by atoms with van der Waals surface area (Å²) in [5.74, 6) is -0.672. The first-order valence-electron chi connectivity index (χ1n) is 7.36. The molecule has 0 aromatic rings. The third-order valence-electron chi connectivity index (χ3n) is 2.37. The predicted octanol–water partition coefficient (Wildman–Crippen LogP) is 1.80. The topological polar surface area (TPSA) is 80.3 Å². The summed E-state index contributed by atoms with van der Waals surface area (Å²) in [6, 6.07) is 0. The molecule has 0 aliphatic carbocycles. The van der Waals surface area contributed by atoms with Gasteiger partial charge >= 0.3 is 37.7 Å². The van der Waals surface area contributed by atoms with Crippen LogP contribution in [-0.2, 0) is 9.59 Å². The number of carbonyl (C=O) groups is 2. The second-order valence-corrected chi connectivity index (χ2v) is 5.18. The number of carboxylic acid groups (broad SMARTS) is 2. The first-order valence-corrected chi connectivity index (χ1v) is 8.43. The van der Waals surface area contributed by atoms with Gasteiger partial charge in [-0.15, -0.1) is 23.2 Å². The second kappa shape index (κ2) is 24.5. The summed E-state index contributed by atoms with van der Waals surface area (Å²) >= 11 is 10.9.